The molecule has 0 aliphatic carbocycles. The first-order valence-electron chi connectivity index (χ1n) is 4.98. The van der Waals surface area contributed by atoms with Gasteiger partial charge >= 0.3 is 0 Å². The van der Waals surface area contributed by atoms with Crippen LogP contribution in [-0.4, -0.2) is 24.2 Å². The Morgan fingerprint density at radius 1 is 1.38 bits per heavy atom. The van der Waals surface area contributed by atoms with Crippen LogP contribution in [-0.2, 0) is 4.79 Å². The minimum absolute atomic E-state index is 0.129. The Morgan fingerprint density at radius 2 is 2.00 bits per heavy atom. The van der Waals surface area contributed by atoms with Crippen LogP contribution < -0.4 is 4.90 Å². The molecule has 1 aliphatic rings. The minimum atomic E-state index is -0.757. The Balaban J connectivity index is 2.35. The Hall–Kier alpha value is -1.49. The molecule has 5 heteroatoms. The van der Waals surface area contributed by atoms with Crippen LogP contribution in [0.25, 0.3) is 0 Å². The molecule has 0 saturated carbocycles. The van der Waals surface area contributed by atoms with Crippen molar-refractivity contribution in [3.63, 3.8) is 0 Å². The maximum atomic E-state index is 13.4. The number of nitrogens with zero attached hydrogens (tertiary/aromatic N) is 1. The van der Waals surface area contributed by atoms with E-state index in [1.807, 2.05) is 0 Å². The number of halogens is 2. The number of hydrogen-bond donors (Lipinski definition) is 1. The van der Waals surface area contributed by atoms with Gasteiger partial charge in [-0.15, -0.1) is 0 Å². The van der Waals surface area contributed by atoms with E-state index in [4.69, 9.17) is 5.11 Å². The number of benzene rings is 1. The van der Waals surface area contributed by atoms with E-state index in [9.17, 15) is 13.6 Å². The van der Waals surface area contributed by atoms with Crippen molar-refractivity contribution in [1.82, 2.24) is 0 Å². The fraction of sp³-hybridized carbons (Fsp3) is 0.364. The van der Waals surface area contributed by atoms with E-state index in [2.05, 4.69) is 0 Å². The van der Waals surface area contributed by atoms with E-state index < -0.39 is 11.6 Å². The van der Waals surface area contributed by atoms with E-state index in [-0.39, 0.29) is 37.1 Å². The molecule has 1 fully saturated rings. The lowest BCUT2D eigenvalue weighted by Crippen LogP contribution is -2.27. The van der Waals surface area contributed by atoms with Gasteiger partial charge in [0.15, 0.2) is 0 Å². The van der Waals surface area contributed by atoms with Crippen molar-refractivity contribution in [1.29, 1.82) is 0 Å². The monoisotopic (exact) mass is 227 g/mol. The van der Waals surface area contributed by atoms with Crippen LogP contribution in [0, 0.1) is 17.6 Å². The van der Waals surface area contributed by atoms with Crippen LogP contribution in [0.2, 0.25) is 0 Å². The number of amides is 1. The van der Waals surface area contributed by atoms with Gasteiger partial charge in [-0.2, -0.15) is 0 Å². The van der Waals surface area contributed by atoms with Gasteiger partial charge < -0.3 is 10.0 Å². The summed E-state index contributed by atoms with van der Waals surface area (Å²) in [5.74, 6) is -2.12. The van der Waals surface area contributed by atoms with Crippen molar-refractivity contribution in [2.24, 2.45) is 5.92 Å². The molecule has 1 aromatic rings. The second-order valence-electron chi connectivity index (χ2n) is 3.83. The van der Waals surface area contributed by atoms with Gasteiger partial charge in [-0.25, -0.2) is 8.78 Å². The molecule has 0 aromatic heterocycles. The molecule has 1 amide bonds. The topological polar surface area (TPSA) is 40.5 Å². The molecule has 1 saturated heterocycles. The van der Waals surface area contributed by atoms with E-state index in [0.29, 0.717) is 0 Å². The van der Waals surface area contributed by atoms with Crippen molar-refractivity contribution >= 4 is 11.6 Å². The van der Waals surface area contributed by atoms with Crippen LogP contribution in [0.1, 0.15) is 6.42 Å². The van der Waals surface area contributed by atoms with Crippen molar-refractivity contribution in [2.45, 2.75) is 6.42 Å². The van der Waals surface area contributed by atoms with Crippen molar-refractivity contribution in [3.05, 3.63) is 29.8 Å². The number of rotatable bonds is 2. The number of hydrogen-bond acceptors (Lipinski definition) is 2. The molecule has 0 spiro atoms. The van der Waals surface area contributed by atoms with E-state index in [1.54, 1.807) is 0 Å². The smallest absolute Gasteiger partial charge is 0.227 e. The Bertz CT molecular complexity index is 402. The zero-order chi connectivity index (χ0) is 11.7. The highest BCUT2D eigenvalue weighted by atomic mass is 19.1. The minimum Gasteiger partial charge on any atom is -0.396 e. The molecule has 1 aromatic carbocycles. The summed E-state index contributed by atoms with van der Waals surface area (Å²) < 4.78 is 26.8. The zero-order valence-corrected chi connectivity index (χ0v) is 8.49. The molecular formula is C11H11F2NO2. The molecule has 0 radical (unpaired) electrons. The summed E-state index contributed by atoms with van der Waals surface area (Å²) >= 11 is 0. The predicted octanol–water partition coefficient (Wildman–Crippen LogP) is 1.31. The average Bonchev–Trinajstić information content (AvgIpc) is 2.60. The fourth-order valence-corrected chi connectivity index (χ4v) is 1.87. The summed E-state index contributed by atoms with van der Waals surface area (Å²) in [5, 5.41) is 8.92. The van der Waals surface area contributed by atoms with E-state index in [0.717, 1.165) is 17.0 Å². The summed E-state index contributed by atoms with van der Waals surface area (Å²) in [5.41, 5.74) is -0.316. The van der Waals surface area contributed by atoms with Gasteiger partial charge in [0.25, 0.3) is 0 Å². The van der Waals surface area contributed by atoms with Gasteiger partial charge in [0.2, 0.25) is 5.91 Å². The lowest BCUT2D eigenvalue weighted by atomic mass is 10.1. The maximum absolute atomic E-state index is 13.4. The van der Waals surface area contributed by atoms with Crippen LogP contribution in [0.3, 0.4) is 0 Å². The fourth-order valence-electron chi connectivity index (χ4n) is 1.87. The molecule has 1 aliphatic heterocycles. The second-order valence-corrected chi connectivity index (χ2v) is 3.83. The van der Waals surface area contributed by atoms with Crippen LogP contribution in [0.15, 0.2) is 18.2 Å². The number of carbonyl (C=O) groups excluding carboxylic acids is 1. The molecule has 16 heavy (non-hydrogen) atoms. The third-order valence-corrected chi connectivity index (χ3v) is 2.67. The predicted molar refractivity (Wildman–Crippen MR) is 53.9 cm³/mol. The Kier molecular flexibility index (Phi) is 2.87. The second kappa shape index (κ2) is 4.17. The molecule has 1 N–H and O–H groups in total. The highest BCUT2D eigenvalue weighted by Crippen LogP contribution is 2.29. The summed E-state index contributed by atoms with van der Waals surface area (Å²) in [6.07, 6.45) is 0.129. The van der Waals surface area contributed by atoms with Crippen molar-refractivity contribution in [3.8, 4) is 0 Å². The van der Waals surface area contributed by atoms with Gasteiger partial charge in [-0.1, -0.05) is 6.07 Å². The standard InChI is InChI=1S/C11H11F2NO2/c12-8-2-1-3-9(13)11(8)14-5-7(6-15)4-10(14)16/h1-3,7,15H,4-6H2. The van der Waals surface area contributed by atoms with Crippen LogP contribution in [0.4, 0.5) is 14.5 Å². The molecule has 0 bridgehead atoms. The third kappa shape index (κ3) is 1.78. The molecule has 86 valence electrons. The first-order valence-corrected chi connectivity index (χ1v) is 4.98. The van der Waals surface area contributed by atoms with Gasteiger partial charge in [0.1, 0.15) is 17.3 Å². The van der Waals surface area contributed by atoms with Crippen LogP contribution >= 0.6 is 0 Å². The molecule has 2 rings (SSSR count). The Labute approximate surface area is 91.3 Å². The third-order valence-electron chi connectivity index (χ3n) is 2.67. The number of aliphatic hydroxyl groups excluding tert-OH is 1. The Morgan fingerprint density at radius 3 is 2.50 bits per heavy atom. The van der Waals surface area contributed by atoms with E-state index in [1.165, 1.54) is 6.07 Å². The normalized spacial score (nSPS) is 20.6. The highest BCUT2D eigenvalue weighted by molar-refractivity contribution is 5.95. The van der Waals surface area contributed by atoms with Gasteiger partial charge in [0, 0.05) is 25.5 Å². The summed E-state index contributed by atoms with van der Waals surface area (Å²) in [6.45, 7) is 0.00545. The molecule has 1 atom stereocenters. The zero-order valence-electron chi connectivity index (χ0n) is 8.49. The lowest BCUT2D eigenvalue weighted by molar-refractivity contribution is -0.117. The quantitative estimate of drug-likeness (QED) is 0.827. The number of aliphatic hydroxyl groups is 1. The largest absolute Gasteiger partial charge is 0.396 e. The average molecular weight is 227 g/mol. The number of para-hydroxylation sites is 1. The first kappa shape index (κ1) is 11.0. The number of anilines is 1. The summed E-state index contributed by atoms with van der Waals surface area (Å²) in [4.78, 5) is 12.6. The highest BCUT2D eigenvalue weighted by Gasteiger charge is 2.33. The van der Waals surface area contributed by atoms with Gasteiger partial charge in [-0.3, -0.25) is 4.79 Å². The number of carbonyl (C=O) groups is 1. The van der Waals surface area contributed by atoms with Crippen molar-refractivity contribution < 1.29 is 18.7 Å². The van der Waals surface area contributed by atoms with Crippen molar-refractivity contribution in [2.75, 3.05) is 18.1 Å². The van der Waals surface area contributed by atoms with Gasteiger partial charge in [0.05, 0.1) is 0 Å². The maximum Gasteiger partial charge on any atom is 0.227 e. The SMILES string of the molecule is O=C1CC(CO)CN1c1c(F)cccc1F. The lowest BCUT2D eigenvalue weighted by Gasteiger charge is -2.17. The molecule has 3 nitrogen and oxygen atoms in total. The molecule has 1 unspecified atom stereocenters. The van der Waals surface area contributed by atoms with Crippen LogP contribution in [0.5, 0.6) is 0 Å². The van der Waals surface area contributed by atoms with Gasteiger partial charge in [-0.05, 0) is 12.1 Å². The summed E-state index contributed by atoms with van der Waals surface area (Å²) in [6, 6.07) is 3.47. The van der Waals surface area contributed by atoms with E-state index >= 15 is 0 Å². The molecule has 1 heterocycles. The summed E-state index contributed by atoms with van der Waals surface area (Å²) in [7, 11) is 0. The first-order chi connectivity index (χ1) is 7.63. The molecular weight excluding hydrogens is 216 g/mol.